The first kappa shape index (κ1) is 15.2. The number of aromatic nitrogens is 2. The van der Waals surface area contributed by atoms with Crippen LogP contribution in [0.15, 0.2) is 20.3 Å². The summed E-state index contributed by atoms with van der Waals surface area (Å²) in [5.41, 5.74) is -1.15. The van der Waals surface area contributed by atoms with Gasteiger partial charge in [0.1, 0.15) is 0 Å². The average Bonchev–Trinajstić information content (AvgIpc) is 2.20. The summed E-state index contributed by atoms with van der Waals surface area (Å²) in [5.74, 6) is -0.158. The minimum atomic E-state index is -3.30. The van der Waals surface area contributed by atoms with Crippen molar-refractivity contribution in [3.05, 3.63) is 31.5 Å². The van der Waals surface area contributed by atoms with Crippen molar-refractivity contribution in [2.45, 2.75) is 32.1 Å². The summed E-state index contributed by atoms with van der Waals surface area (Å²) >= 11 is 2.99. The summed E-state index contributed by atoms with van der Waals surface area (Å²) in [6, 6.07) is 0. The Labute approximate surface area is 113 Å². The van der Waals surface area contributed by atoms with Gasteiger partial charge in [-0.15, -0.1) is 0 Å². The highest BCUT2D eigenvalue weighted by atomic mass is 79.9. The number of nitrogens with zero attached hydrogens (tertiary/aromatic N) is 1. The van der Waals surface area contributed by atoms with E-state index in [1.807, 2.05) is 0 Å². The standard InChI is InChI=1S/C10H15BrN2O4S/c1-10(2,3)18(16,17)5-4-13-6-7(11)8(14)12-9(13)15/h6H,4-5H2,1-3H3,(H,12,14,15). The minimum Gasteiger partial charge on any atom is -0.298 e. The molecule has 1 aromatic rings. The summed E-state index contributed by atoms with van der Waals surface area (Å²) in [4.78, 5) is 24.7. The highest BCUT2D eigenvalue weighted by Gasteiger charge is 2.28. The SMILES string of the molecule is CC(C)(C)S(=O)(=O)CCn1cc(Br)c(=O)[nH]c1=O. The maximum absolute atomic E-state index is 11.9. The smallest absolute Gasteiger partial charge is 0.298 e. The number of H-pyrrole nitrogens is 1. The molecule has 0 radical (unpaired) electrons. The van der Waals surface area contributed by atoms with Crippen LogP contribution in [-0.2, 0) is 16.4 Å². The maximum atomic E-state index is 11.9. The first-order valence-electron chi connectivity index (χ1n) is 5.26. The van der Waals surface area contributed by atoms with Crippen LogP contribution in [0.25, 0.3) is 0 Å². The van der Waals surface area contributed by atoms with Crippen molar-refractivity contribution >= 4 is 25.8 Å². The van der Waals surface area contributed by atoms with Crippen LogP contribution in [0.5, 0.6) is 0 Å². The second-order valence-electron chi connectivity index (χ2n) is 4.86. The molecule has 8 heteroatoms. The molecule has 18 heavy (non-hydrogen) atoms. The van der Waals surface area contributed by atoms with Crippen LogP contribution in [-0.4, -0.2) is 28.5 Å². The normalized spacial score (nSPS) is 12.7. The number of aromatic amines is 1. The van der Waals surface area contributed by atoms with Gasteiger partial charge in [0.15, 0.2) is 9.84 Å². The molecule has 0 aromatic carbocycles. The van der Waals surface area contributed by atoms with Gasteiger partial charge >= 0.3 is 5.69 Å². The predicted molar refractivity (Wildman–Crippen MR) is 72.6 cm³/mol. The Kier molecular flexibility index (Phi) is 4.22. The molecule has 0 bridgehead atoms. The Morgan fingerprint density at radius 3 is 2.39 bits per heavy atom. The van der Waals surface area contributed by atoms with Crippen molar-refractivity contribution in [3.8, 4) is 0 Å². The van der Waals surface area contributed by atoms with Crippen molar-refractivity contribution in [2.24, 2.45) is 0 Å². The van der Waals surface area contributed by atoms with Crippen LogP contribution >= 0.6 is 15.9 Å². The molecule has 1 heterocycles. The second-order valence-corrected chi connectivity index (χ2v) is 8.58. The second kappa shape index (κ2) is 5.00. The van der Waals surface area contributed by atoms with Gasteiger partial charge in [-0.1, -0.05) is 0 Å². The van der Waals surface area contributed by atoms with Gasteiger partial charge in [-0.3, -0.25) is 14.3 Å². The number of hydrogen-bond donors (Lipinski definition) is 1. The van der Waals surface area contributed by atoms with Crippen LogP contribution in [0.3, 0.4) is 0 Å². The third kappa shape index (κ3) is 3.32. The lowest BCUT2D eigenvalue weighted by molar-refractivity contribution is 0.551. The zero-order chi connectivity index (χ0) is 14.1. The molecule has 0 saturated heterocycles. The fraction of sp³-hybridized carbons (Fsp3) is 0.600. The van der Waals surface area contributed by atoms with E-state index in [9.17, 15) is 18.0 Å². The Morgan fingerprint density at radius 2 is 1.89 bits per heavy atom. The summed E-state index contributed by atoms with van der Waals surface area (Å²) < 4.78 is 24.3. The number of halogens is 1. The lowest BCUT2D eigenvalue weighted by Gasteiger charge is -2.19. The molecular formula is C10H15BrN2O4S. The first-order chi connectivity index (χ1) is 8.04. The molecule has 6 nitrogen and oxygen atoms in total. The molecule has 0 amide bonds. The van der Waals surface area contributed by atoms with Crippen molar-refractivity contribution in [1.29, 1.82) is 0 Å². The van der Waals surface area contributed by atoms with Gasteiger partial charge in [0, 0.05) is 12.7 Å². The van der Waals surface area contributed by atoms with E-state index >= 15 is 0 Å². The fourth-order valence-corrected chi connectivity index (χ4v) is 2.57. The first-order valence-corrected chi connectivity index (χ1v) is 7.71. The molecule has 0 aliphatic heterocycles. The van der Waals surface area contributed by atoms with Crippen molar-refractivity contribution in [3.63, 3.8) is 0 Å². The van der Waals surface area contributed by atoms with Gasteiger partial charge < -0.3 is 0 Å². The van der Waals surface area contributed by atoms with Crippen LogP contribution < -0.4 is 11.2 Å². The van der Waals surface area contributed by atoms with Gasteiger partial charge in [-0.05, 0) is 36.7 Å². The Balaban J connectivity index is 2.99. The van der Waals surface area contributed by atoms with E-state index in [-0.39, 0.29) is 16.8 Å². The predicted octanol–water partition coefficient (Wildman–Crippen LogP) is 0.512. The van der Waals surface area contributed by atoms with E-state index in [2.05, 4.69) is 20.9 Å². The largest absolute Gasteiger partial charge is 0.328 e. The lowest BCUT2D eigenvalue weighted by atomic mass is 10.3. The van der Waals surface area contributed by atoms with Gasteiger partial charge in [-0.25, -0.2) is 13.2 Å². The Hall–Kier alpha value is -0.890. The number of nitrogens with one attached hydrogen (secondary N) is 1. The third-order valence-corrected chi connectivity index (χ3v) is 5.65. The molecule has 102 valence electrons. The zero-order valence-corrected chi connectivity index (χ0v) is 12.8. The molecule has 0 aliphatic rings. The van der Waals surface area contributed by atoms with Crippen LogP contribution in [0.4, 0.5) is 0 Å². The molecule has 1 rings (SSSR count). The van der Waals surface area contributed by atoms with Crippen LogP contribution in [0, 0.1) is 0 Å². The van der Waals surface area contributed by atoms with Crippen LogP contribution in [0.1, 0.15) is 20.8 Å². The summed E-state index contributed by atoms with van der Waals surface area (Å²) in [5, 5.41) is 0. The summed E-state index contributed by atoms with van der Waals surface area (Å²) in [7, 11) is -3.30. The highest BCUT2D eigenvalue weighted by Crippen LogP contribution is 2.15. The van der Waals surface area contributed by atoms with E-state index in [4.69, 9.17) is 0 Å². The maximum Gasteiger partial charge on any atom is 0.328 e. The molecule has 0 unspecified atom stereocenters. The zero-order valence-electron chi connectivity index (χ0n) is 10.4. The van der Waals surface area contributed by atoms with E-state index in [1.54, 1.807) is 20.8 Å². The monoisotopic (exact) mass is 338 g/mol. The van der Waals surface area contributed by atoms with Crippen molar-refractivity contribution in [1.82, 2.24) is 9.55 Å². The molecule has 0 spiro atoms. The van der Waals surface area contributed by atoms with E-state index in [1.165, 1.54) is 6.20 Å². The fourth-order valence-electron chi connectivity index (χ4n) is 1.17. The number of rotatable bonds is 3. The Morgan fingerprint density at radius 1 is 1.33 bits per heavy atom. The van der Waals surface area contributed by atoms with Gasteiger partial charge in [0.05, 0.1) is 15.0 Å². The van der Waals surface area contributed by atoms with Crippen molar-refractivity contribution < 1.29 is 8.42 Å². The van der Waals surface area contributed by atoms with Gasteiger partial charge in [-0.2, -0.15) is 0 Å². The molecule has 1 aromatic heterocycles. The van der Waals surface area contributed by atoms with Crippen LogP contribution in [0.2, 0.25) is 0 Å². The minimum absolute atomic E-state index is 0.00775. The van der Waals surface area contributed by atoms with E-state index < -0.39 is 25.8 Å². The molecule has 0 aliphatic carbocycles. The molecular weight excluding hydrogens is 324 g/mol. The van der Waals surface area contributed by atoms with E-state index in [0.717, 1.165) is 4.57 Å². The molecule has 0 fully saturated rings. The summed E-state index contributed by atoms with van der Waals surface area (Å²) in [6.45, 7) is 4.82. The number of sulfone groups is 1. The molecule has 1 N–H and O–H groups in total. The van der Waals surface area contributed by atoms with E-state index in [0.29, 0.717) is 0 Å². The Bertz CT molecular complexity index is 652. The topological polar surface area (TPSA) is 89.0 Å². The molecule has 0 saturated carbocycles. The van der Waals surface area contributed by atoms with Gasteiger partial charge in [0.2, 0.25) is 0 Å². The summed E-state index contributed by atoms with van der Waals surface area (Å²) in [6.07, 6.45) is 1.29. The quantitative estimate of drug-likeness (QED) is 0.869. The third-order valence-electron chi connectivity index (χ3n) is 2.50. The van der Waals surface area contributed by atoms with Crippen molar-refractivity contribution in [2.75, 3.05) is 5.75 Å². The number of aryl methyl sites for hydroxylation is 1. The number of hydrogen-bond acceptors (Lipinski definition) is 4. The van der Waals surface area contributed by atoms with Gasteiger partial charge in [0.25, 0.3) is 5.56 Å². The highest BCUT2D eigenvalue weighted by molar-refractivity contribution is 9.10. The average molecular weight is 339 g/mol. The lowest BCUT2D eigenvalue weighted by Crippen LogP contribution is -2.35. The molecule has 0 atom stereocenters.